The van der Waals surface area contributed by atoms with Gasteiger partial charge in [0.15, 0.2) is 85.6 Å². The third-order valence-electron chi connectivity index (χ3n) is 12.3. The molecule has 3 fully saturated rings. The molecule has 85 heavy (non-hydrogen) atoms. The molecule has 0 unspecified atom stereocenters. The Bertz CT molecular complexity index is 2720. The fraction of sp³-hybridized carbons (Fsp3) is 0.564. The summed E-state index contributed by atoms with van der Waals surface area (Å²) in [4.78, 5) is 136. The monoisotopic (exact) mass is 1200 g/mol. The first-order chi connectivity index (χ1) is 40.3. The summed E-state index contributed by atoms with van der Waals surface area (Å²) in [6.45, 7) is 9.37. The number of hydrogen-bond acceptors (Lipinski definition) is 26. The Morgan fingerprint density at radius 2 is 0.694 bits per heavy atom. The number of carbonyl (C=O) groups excluding carboxylic acids is 10. The van der Waals surface area contributed by atoms with Gasteiger partial charge >= 0.3 is 59.7 Å². The fourth-order valence-electron chi connectivity index (χ4n) is 9.21. The second kappa shape index (κ2) is 32.5. The molecular weight excluding hydrogens is 1130 g/mol. The van der Waals surface area contributed by atoms with Crippen molar-refractivity contribution >= 4 is 71.6 Å². The van der Waals surface area contributed by atoms with Crippen molar-refractivity contribution in [3.05, 3.63) is 71.8 Å². The van der Waals surface area contributed by atoms with E-state index in [1.54, 1.807) is 60.7 Å². The first kappa shape index (κ1) is 67.3. The third-order valence-corrected chi connectivity index (χ3v) is 12.3. The number of hydrogen-bond donors (Lipinski definition) is 4. The van der Waals surface area contributed by atoms with E-state index in [1.165, 1.54) is 7.11 Å². The minimum atomic E-state index is -1.66. The van der Waals surface area contributed by atoms with Gasteiger partial charge < -0.3 is 87.6 Å². The summed E-state index contributed by atoms with van der Waals surface area (Å²) >= 11 is 0. The van der Waals surface area contributed by atoms with E-state index in [9.17, 15) is 47.9 Å². The number of aliphatic imine (C=N–C) groups is 2. The lowest BCUT2D eigenvalue weighted by molar-refractivity contribution is -0.296. The molecule has 5 rings (SSSR count). The van der Waals surface area contributed by atoms with Gasteiger partial charge in [-0.1, -0.05) is 60.7 Å². The van der Waals surface area contributed by atoms with Gasteiger partial charge in [0.2, 0.25) is 0 Å². The minimum absolute atomic E-state index is 0.0358. The van der Waals surface area contributed by atoms with Crippen molar-refractivity contribution in [1.82, 2.24) is 21.3 Å². The second-order valence-corrected chi connectivity index (χ2v) is 19.3. The quantitative estimate of drug-likeness (QED) is 0.0530. The molecule has 2 aromatic carbocycles. The third kappa shape index (κ3) is 21.3. The summed E-state index contributed by atoms with van der Waals surface area (Å²) in [7, 11) is 1.24. The van der Waals surface area contributed by atoms with Crippen molar-refractivity contribution < 1.29 is 114 Å². The molecule has 2 aromatic rings. The second-order valence-electron chi connectivity index (χ2n) is 19.3. The van der Waals surface area contributed by atoms with Crippen molar-refractivity contribution in [2.24, 2.45) is 9.98 Å². The van der Waals surface area contributed by atoms with Crippen LogP contribution in [0.3, 0.4) is 0 Å². The van der Waals surface area contributed by atoms with E-state index in [0.717, 1.165) is 69.2 Å². The molecule has 0 saturated carbocycles. The highest BCUT2D eigenvalue weighted by Crippen LogP contribution is 2.32. The van der Waals surface area contributed by atoms with Crippen LogP contribution in [0.5, 0.6) is 0 Å². The maximum Gasteiger partial charge on any atom is 0.303 e. The topological polar surface area (TPSA) is 373 Å². The summed E-state index contributed by atoms with van der Waals surface area (Å²) in [6, 6.07) is 17.7. The van der Waals surface area contributed by atoms with Crippen LogP contribution in [0.1, 0.15) is 80.4 Å². The highest BCUT2D eigenvalue weighted by Gasteiger charge is 2.55. The molecular formula is C55H72N6O24. The maximum absolute atomic E-state index is 13.1. The molecule has 0 bridgehead atoms. The number of ether oxygens (including phenoxy) is 14. The number of methoxy groups -OCH3 is 1. The zero-order chi connectivity index (χ0) is 62.5. The predicted octanol–water partition coefficient (Wildman–Crippen LogP) is 0.227. The van der Waals surface area contributed by atoms with E-state index in [2.05, 4.69) is 21.3 Å². The van der Waals surface area contributed by atoms with E-state index in [0.29, 0.717) is 11.1 Å². The van der Waals surface area contributed by atoms with Crippen LogP contribution < -0.4 is 21.3 Å². The molecule has 0 radical (unpaired) electrons. The van der Waals surface area contributed by atoms with Gasteiger partial charge in [-0.25, -0.2) is 9.98 Å². The molecule has 3 aliphatic heterocycles. The van der Waals surface area contributed by atoms with Gasteiger partial charge in [0, 0.05) is 89.4 Å². The van der Waals surface area contributed by atoms with Crippen molar-refractivity contribution in [1.29, 1.82) is 0 Å². The molecule has 30 nitrogen and oxygen atoms in total. The molecule has 0 aromatic heterocycles. The summed E-state index contributed by atoms with van der Waals surface area (Å²) in [5.41, 5.74) is 1.37. The zero-order valence-corrected chi connectivity index (χ0v) is 48.7. The Hall–Kier alpha value is -8.48. The predicted molar refractivity (Wildman–Crippen MR) is 287 cm³/mol. The summed E-state index contributed by atoms with van der Waals surface area (Å²) in [5.74, 6) is -8.84. The molecule has 4 N–H and O–H groups in total. The summed E-state index contributed by atoms with van der Waals surface area (Å²) in [6.07, 6.45) is -22.6. The largest absolute Gasteiger partial charge is 0.463 e. The van der Waals surface area contributed by atoms with Crippen molar-refractivity contribution in [2.75, 3.05) is 26.8 Å². The Morgan fingerprint density at radius 1 is 0.388 bits per heavy atom. The molecule has 3 aliphatic rings. The Morgan fingerprint density at radius 3 is 1.05 bits per heavy atom. The number of rotatable bonds is 22. The lowest BCUT2D eigenvalue weighted by atomic mass is 9.96. The molecule has 0 aliphatic carbocycles. The highest BCUT2D eigenvalue weighted by molar-refractivity contribution is 5.81. The van der Waals surface area contributed by atoms with Crippen LogP contribution in [0.2, 0.25) is 0 Å². The number of guanidine groups is 2. The summed E-state index contributed by atoms with van der Waals surface area (Å²) < 4.78 is 81.0. The van der Waals surface area contributed by atoms with Crippen LogP contribution in [0.15, 0.2) is 70.6 Å². The normalized spacial score (nSPS) is 27.4. The van der Waals surface area contributed by atoms with Gasteiger partial charge in [-0.3, -0.25) is 47.9 Å². The number of benzene rings is 2. The van der Waals surface area contributed by atoms with E-state index >= 15 is 0 Å². The maximum atomic E-state index is 13.1. The molecule has 0 spiro atoms. The van der Waals surface area contributed by atoms with Gasteiger partial charge in [-0.15, -0.1) is 0 Å². The average molecular weight is 1200 g/mol. The average Bonchev–Trinajstić information content (AvgIpc) is 3.29. The van der Waals surface area contributed by atoms with E-state index in [4.69, 9.17) is 76.3 Å². The van der Waals surface area contributed by atoms with Crippen molar-refractivity contribution in [3.8, 4) is 0 Å². The lowest BCUT2D eigenvalue weighted by Crippen LogP contribution is -2.69. The van der Waals surface area contributed by atoms with Gasteiger partial charge in [0.1, 0.15) is 24.9 Å². The van der Waals surface area contributed by atoms with E-state index in [-0.39, 0.29) is 31.6 Å². The number of nitrogens with one attached hydrogen (secondary N) is 4. The molecule has 30 heteroatoms. The molecule has 466 valence electrons. The summed E-state index contributed by atoms with van der Waals surface area (Å²) in [5, 5.41) is 12.3. The Kier molecular flexibility index (Phi) is 25.8. The van der Waals surface area contributed by atoms with Crippen LogP contribution in [-0.2, 0) is 127 Å². The van der Waals surface area contributed by atoms with Gasteiger partial charge in [-0.05, 0) is 11.1 Å². The first-order valence-electron chi connectivity index (χ1n) is 26.7. The highest BCUT2D eigenvalue weighted by atomic mass is 16.7. The lowest BCUT2D eigenvalue weighted by Gasteiger charge is -2.46. The van der Waals surface area contributed by atoms with Crippen molar-refractivity contribution in [2.45, 2.75) is 174 Å². The van der Waals surface area contributed by atoms with Gasteiger partial charge in [0.25, 0.3) is 0 Å². The van der Waals surface area contributed by atoms with E-state index < -0.39 is 165 Å². The molecule has 3 saturated heterocycles. The van der Waals surface area contributed by atoms with Gasteiger partial charge in [0.05, 0.1) is 13.1 Å². The van der Waals surface area contributed by atoms with Crippen LogP contribution in [0.4, 0.5) is 0 Å². The van der Waals surface area contributed by atoms with Gasteiger partial charge in [-0.2, -0.15) is 0 Å². The Balaban J connectivity index is 1.61. The Labute approximate surface area is 488 Å². The fourth-order valence-corrected chi connectivity index (χ4v) is 9.21. The van der Waals surface area contributed by atoms with Crippen LogP contribution in [-0.4, -0.2) is 190 Å². The number of esters is 10. The molecule has 15 atom stereocenters. The zero-order valence-electron chi connectivity index (χ0n) is 48.7. The SMILES string of the molecule is CO[C@H]1O[C@H](CNC(=NCc2ccccc2)N[C@@H]2O[C@H](CNC(=NCc3ccccc3)N[C@@H]3O[C@H](COC(C)=O)[C@@H](OC(C)=O)[C@H](OC(C)=O)[C@H]3OC(C)=O)[C@@H](OC(C)=O)[C@H](OC(C)=O)[C@H]2OC(C)=O)[C@@H](OC(C)=O)[C@H](OC(C)=O)[C@H]1OC(C)=O. The number of nitrogens with zero attached hydrogens (tertiary/aromatic N) is 2. The van der Waals surface area contributed by atoms with E-state index in [1.807, 2.05) is 0 Å². The molecule has 3 heterocycles. The smallest absolute Gasteiger partial charge is 0.303 e. The first-order valence-corrected chi connectivity index (χ1v) is 26.7. The minimum Gasteiger partial charge on any atom is -0.463 e. The van der Waals surface area contributed by atoms with Crippen LogP contribution >= 0.6 is 0 Å². The van der Waals surface area contributed by atoms with Crippen molar-refractivity contribution in [3.63, 3.8) is 0 Å². The van der Waals surface area contributed by atoms with Crippen LogP contribution in [0.25, 0.3) is 0 Å². The number of carbonyl (C=O) groups is 10. The van der Waals surface area contributed by atoms with Crippen LogP contribution in [0, 0.1) is 0 Å². The standard InChI is InChI=1S/C55H72N6O24/c1-27(62)73-26-41-44(76-30(4)65)46(78-32(6)67)49(81-35(9)70)52(84-41)61-54(56-22-37-18-14-12-15-19-37)58-24-39-42(74-28(2)63)45(77-31(5)66)48(80-34(8)69)51(83-39)60-55(57-23-38-20-16-13-17-21-38)59-25-40-43(75-29(3)64)47(79-33(7)68)50(82-36(10)71)53(72-11)85-40/h12-21,39-53H,22-26H2,1-11H3,(H2,56,58,61)(H2,57,59,60)/t39-,40-,41-,42-,43-,44-,45+,46+,47+,48-,49-,50-,51-,52-,53+/m1/s1. The molecule has 0 amide bonds.